The number of hydrogen-bond donors (Lipinski definition) is 1. The maximum atomic E-state index is 13.7. The lowest BCUT2D eigenvalue weighted by atomic mass is 9.74. The average Bonchev–Trinajstić information content (AvgIpc) is 2.66. The molecule has 0 bridgehead atoms. The molecule has 2 unspecified atom stereocenters. The van der Waals surface area contributed by atoms with E-state index in [1.165, 1.54) is 6.20 Å². The second-order valence-electron chi connectivity index (χ2n) is 7.27. The molecule has 0 amide bonds. The first-order chi connectivity index (χ1) is 11.7. The van der Waals surface area contributed by atoms with Gasteiger partial charge in [-0.15, -0.1) is 0 Å². The molecule has 0 aromatic carbocycles. The molecule has 1 saturated heterocycles. The minimum absolute atomic E-state index is 0.00438. The Morgan fingerprint density at radius 3 is 2.68 bits per heavy atom. The van der Waals surface area contributed by atoms with Crippen LogP contribution < -0.4 is 5.32 Å². The van der Waals surface area contributed by atoms with Gasteiger partial charge >= 0.3 is 7.12 Å². The summed E-state index contributed by atoms with van der Waals surface area (Å²) in [5.74, 6) is -0.547. The Labute approximate surface area is 151 Å². The molecule has 1 rings (SSSR count). The van der Waals surface area contributed by atoms with E-state index < -0.39 is 25.1 Å². The zero-order valence-corrected chi connectivity index (χ0v) is 16.0. The van der Waals surface area contributed by atoms with E-state index in [-0.39, 0.29) is 18.8 Å². The van der Waals surface area contributed by atoms with E-state index in [0.29, 0.717) is 12.5 Å². The summed E-state index contributed by atoms with van der Waals surface area (Å²) < 4.78 is 38.8. The standard InChI is InChI=1S/C17H32BF2N3O2/c1-7-21-17(4,22-12-23(5)6)10-15(16(19)20)11-18-24-9-8-13(2)14(3)25-18/h7,12-16,21H,1,8-11H2,2-6H3/b22-12+/t13-,14+,15?,17?/m0/s1. The zero-order valence-electron chi connectivity index (χ0n) is 16.0. The van der Waals surface area contributed by atoms with Gasteiger partial charge in [-0.2, -0.15) is 0 Å². The van der Waals surface area contributed by atoms with Crippen LogP contribution in [-0.4, -0.2) is 57.3 Å². The highest BCUT2D eigenvalue weighted by molar-refractivity contribution is 6.44. The number of nitrogens with zero attached hydrogens (tertiary/aromatic N) is 2. The van der Waals surface area contributed by atoms with E-state index in [0.717, 1.165) is 6.42 Å². The van der Waals surface area contributed by atoms with Crippen molar-refractivity contribution in [3.63, 3.8) is 0 Å². The molecule has 0 spiro atoms. The fraction of sp³-hybridized carbons (Fsp3) is 0.824. The molecule has 1 aliphatic heterocycles. The molecule has 0 aromatic heterocycles. The minimum atomic E-state index is -2.48. The third-order valence-corrected chi connectivity index (χ3v) is 4.54. The summed E-state index contributed by atoms with van der Waals surface area (Å²) in [6, 6.07) is 0. The Hall–Kier alpha value is -1.15. The first-order valence-electron chi connectivity index (χ1n) is 8.82. The molecular weight excluding hydrogens is 327 g/mol. The van der Waals surface area contributed by atoms with E-state index in [4.69, 9.17) is 9.31 Å². The smallest absolute Gasteiger partial charge is 0.411 e. The van der Waals surface area contributed by atoms with Gasteiger partial charge in [0.15, 0.2) is 0 Å². The van der Waals surface area contributed by atoms with Crippen molar-refractivity contribution in [3.8, 4) is 0 Å². The van der Waals surface area contributed by atoms with Crippen LogP contribution in [0.1, 0.15) is 33.6 Å². The fourth-order valence-electron chi connectivity index (χ4n) is 2.80. The van der Waals surface area contributed by atoms with Gasteiger partial charge in [0, 0.05) is 32.7 Å². The molecule has 4 atom stereocenters. The second-order valence-corrected chi connectivity index (χ2v) is 7.27. The van der Waals surface area contributed by atoms with Gasteiger partial charge in [-0.05, 0) is 45.1 Å². The van der Waals surface area contributed by atoms with E-state index in [1.54, 1.807) is 18.2 Å². The van der Waals surface area contributed by atoms with Crippen molar-refractivity contribution < 1.29 is 18.1 Å². The van der Waals surface area contributed by atoms with E-state index in [1.807, 2.05) is 21.0 Å². The lowest BCUT2D eigenvalue weighted by molar-refractivity contribution is 0.0589. The summed E-state index contributed by atoms with van der Waals surface area (Å²) in [5, 5.41) is 2.99. The summed E-state index contributed by atoms with van der Waals surface area (Å²) in [6.07, 6.45) is 1.77. The predicted octanol–water partition coefficient (Wildman–Crippen LogP) is 3.25. The maximum absolute atomic E-state index is 13.7. The largest absolute Gasteiger partial charge is 0.457 e. The van der Waals surface area contributed by atoms with Crippen LogP contribution in [-0.2, 0) is 9.31 Å². The number of halogens is 2. The summed E-state index contributed by atoms with van der Waals surface area (Å²) in [6.45, 7) is 10.0. The van der Waals surface area contributed by atoms with Crippen molar-refractivity contribution in [1.29, 1.82) is 0 Å². The predicted molar refractivity (Wildman–Crippen MR) is 98.9 cm³/mol. The van der Waals surface area contributed by atoms with Crippen LogP contribution in [0.25, 0.3) is 0 Å². The highest BCUT2D eigenvalue weighted by atomic mass is 19.3. The zero-order chi connectivity index (χ0) is 19.0. The maximum Gasteiger partial charge on any atom is 0.457 e. The number of alkyl halides is 2. The molecular formula is C17H32BF2N3O2. The monoisotopic (exact) mass is 359 g/mol. The third-order valence-electron chi connectivity index (χ3n) is 4.54. The van der Waals surface area contributed by atoms with Gasteiger partial charge in [0.05, 0.1) is 6.34 Å². The normalized spacial score (nSPS) is 25.5. The van der Waals surface area contributed by atoms with Crippen LogP contribution in [0, 0.1) is 11.8 Å². The van der Waals surface area contributed by atoms with E-state index in [9.17, 15) is 8.78 Å². The van der Waals surface area contributed by atoms with Gasteiger partial charge in [-0.25, -0.2) is 13.8 Å². The molecule has 1 N–H and O–H groups in total. The van der Waals surface area contributed by atoms with Crippen molar-refractivity contribution >= 4 is 13.5 Å². The molecule has 25 heavy (non-hydrogen) atoms. The van der Waals surface area contributed by atoms with Crippen LogP contribution in [0.2, 0.25) is 6.32 Å². The average molecular weight is 359 g/mol. The molecule has 0 aliphatic carbocycles. The summed E-state index contributed by atoms with van der Waals surface area (Å²) in [5.41, 5.74) is -0.864. The number of nitrogens with one attached hydrogen (secondary N) is 1. The van der Waals surface area contributed by atoms with E-state index in [2.05, 4.69) is 23.8 Å². The van der Waals surface area contributed by atoms with Gasteiger partial charge in [-0.1, -0.05) is 13.5 Å². The van der Waals surface area contributed by atoms with Crippen LogP contribution in [0.5, 0.6) is 0 Å². The molecule has 144 valence electrons. The van der Waals surface area contributed by atoms with Gasteiger partial charge in [0.25, 0.3) is 0 Å². The molecule has 0 saturated carbocycles. The van der Waals surface area contributed by atoms with Crippen LogP contribution >= 0.6 is 0 Å². The minimum Gasteiger partial charge on any atom is -0.411 e. The van der Waals surface area contributed by atoms with Gasteiger partial charge in [0.1, 0.15) is 5.66 Å². The van der Waals surface area contributed by atoms with Crippen molar-refractivity contribution in [1.82, 2.24) is 10.2 Å². The van der Waals surface area contributed by atoms with Crippen LogP contribution in [0.3, 0.4) is 0 Å². The molecule has 1 aliphatic rings. The van der Waals surface area contributed by atoms with E-state index >= 15 is 0 Å². The van der Waals surface area contributed by atoms with Gasteiger partial charge in [0.2, 0.25) is 6.43 Å². The highest BCUT2D eigenvalue weighted by Crippen LogP contribution is 2.30. The summed E-state index contributed by atoms with van der Waals surface area (Å²) in [4.78, 5) is 6.17. The Morgan fingerprint density at radius 1 is 1.44 bits per heavy atom. The van der Waals surface area contributed by atoms with Crippen molar-refractivity contribution in [2.45, 2.75) is 58.1 Å². The van der Waals surface area contributed by atoms with Gasteiger partial charge in [-0.3, -0.25) is 0 Å². The molecule has 0 aromatic rings. The molecule has 5 nitrogen and oxygen atoms in total. The van der Waals surface area contributed by atoms with Crippen LogP contribution in [0.4, 0.5) is 8.78 Å². The van der Waals surface area contributed by atoms with Crippen LogP contribution in [0.15, 0.2) is 17.8 Å². The molecule has 1 fully saturated rings. The Kier molecular flexibility index (Phi) is 8.86. The topological polar surface area (TPSA) is 46.1 Å². The van der Waals surface area contributed by atoms with Crippen molar-refractivity contribution in [3.05, 3.63) is 12.8 Å². The summed E-state index contributed by atoms with van der Waals surface area (Å²) >= 11 is 0. The number of rotatable bonds is 9. The summed E-state index contributed by atoms with van der Waals surface area (Å²) in [7, 11) is 3.06. The second kappa shape index (κ2) is 10.1. The van der Waals surface area contributed by atoms with Crippen molar-refractivity contribution in [2.24, 2.45) is 16.8 Å². The lowest BCUT2D eigenvalue weighted by Crippen LogP contribution is -2.42. The Morgan fingerprint density at radius 2 is 2.12 bits per heavy atom. The quantitative estimate of drug-likeness (QED) is 0.390. The number of aliphatic imine (C=N–C) groups is 1. The Balaban J connectivity index is 2.81. The lowest BCUT2D eigenvalue weighted by Gasteiger charge is -2.31. The van der Waals surface area contributed by atoms with Gasteiger partial charge < -0.3 is 19.5 Å². The fourth-order valence-corrected chi connectivity index (χ4v) is 2.80. The first-order valence-corrected chi connectivity index (χ1v) is 8.82. The van der Waals surface area contributed by atoms with Crippen molar-refractivity contribution in [2.75, 3.05) is 20.7 Å². The third kappa shape index (κ3) is 7.73. The highest BCUT2D eigenvalue weighted by Gasteiger charge is 2.37. The Bertz CT molecular complexity index is 440. The number of hydrogen-bond acceptors (Lipinski definition) is 4. The first kappa shape index (κ1) is 21.9. The molecule has 8 heteroatoms. The molecule has 0 radical (unpaired) electrons. The molecule has 1 heterocycles. The SMILES string of the molecule is C=CNC(C)(CC(CB1OCC[C@H](C)[C@@H](C)O1)C(F)F)/N=C/N(C)C.